The molecule has 2 aromatic rings. The quantitative estimate of drug-likeness (QED) is 0.822. The number of carbonyl (C=O) groups excluding carboxylic acids is 1. The molecule has 6 nitrogen and oxygen atoms in total. The maximum absolute atomic E-state index is 12.2. The van der Waals surface area contributed by atoms with Crippen molar-refractivity contribution in [3.63, 3.8) is 0 Å². The summed E-state index contributed by atoms with van der Waals surface area (Å²) in [6.45, 7) is 0. The van der Waals surface area contributed by atoms with E-state index in [2.05, 4.69) is 4.98 Å². The minimum atomic E-state index is -0.404. The van der Waals surface area contributed by atoms with Crippen LogP contribution in [0.25, 0.3) is 0 Å². The second-order valence-corrected chi connectivity index (χ2v) is 7.10. The first-order valence-electron chi connectivity index (χ1n) is 6.85. The van der Waals surface area contributed by atoms with Gasteiger partial charge in [-0.25, -0.2) is 0 Å². The van der Waals surface area contributed by atoms with Gasteiger partial charge in [-0.3, -0.25) is 9.59 Å². The molecular formula is C15H15NO5S2. The number of esters is 1. The smallest absolute Gasteiger partial charge is 0.310 e. The molecule has 1 aliphatic heterocycles. The van der Waals surface area contributed by atoms with Gasteiger partial charge < -0.3 is 19.6 Å². The van der Waals surface area contributed by atoms with Gasteiger partial charge in [0.25, 0.3) is 0 Å². The maximum Gasteiger partial charge on any atom is 0.310 e. The van der Waals surface area contributed by atoms with Crippen molar-refractivity contribution < 1.29 is 19.4 Å². The molecule has 0 spiro atoms. The highest BCUT2D eigenvalue weighted by Gasteiger charge is 2.39. The van der Waals surface area contributed by atoms with Crippen LogP contribution in [0.2, 0.25) is 0 Å². The van der Waals surface area contributed by atoms with E-state index in [1.54, 1.807) is 12.1 Å². The Kier molecular flexibility index (Phi) is 4.36. The van der Waals surface area contributed by atoms with E-state index in [-0.39, 0.29) is 22.5 Å². The number of carbonyl (C=O) groups is 1. The van der Waals surface area contributed by atoms with Crippen molar-refractivity contribution in [3.05, 3.63) is 38.3 Å². The van der Waals surface area contributed by atoms with E-state index in [1.807, 2.05) is 0 Å². The number of nitrogens with one attached hydrogen (secondary N) is 1. The fourth-order valence-corrected chi connectivity index (χ4v) is 5.12. The molecule has 0 unspecified atom stereocenters. The number of hydrogen-bond donors (Lipinski definition) is 2. The number of methoxy groups -OCH3 is 2. The number of thiazole rings is 1. The number of rotatable bonds is 3. The summed E-state index contributed by atoms with van der Waals surface area (Å²) in [6, 6.07) is 4.96. The minimum Gasteiger partial charge on any atom is -0.504 e. The predicted octanol–water partition coefficient (Wildman–Crippen LogP) is 2.18. The zero-order valence-electron chi connectivity index (χ0n) is 12.5. The summed E-state index contributed by atoms with van der Waals surface area (Å²) in [7, 11) is 2.82. The van der Waals surface area contributed by atoms with Crippen LogP contribution >= 0.6 is 23.1 Å². The van der Waals surface area contributed by atoms with Crippen molar-refractivity contribution in [2.45, 2.75) is 10.9 Å². The highest BCUT2D eigenvalue weighted by Crippen LogP contribution is 2.46. The van der Waals surface area contributed by atoms with Gasteiger partial charge in [0.05, 0.1) is 25.2 Å². The van der Waals surface area contributed by atoms with E-state index < -0.39 is 5.92 Å². The van der Waals surface area contributed by atoms with Crippen LogP contribution < -0.4 is 9.61 Å². The monoisotopic (exact) mass is 353 g/mol. The molecule has 0 radical (unpaired) electrons. The van der Waals surface area contributed by atoms with Gasteiger partial charge in [0.15, 0.2) is 11.5 Å². The Balaban J connectivity index is 2.14. The summed E-state index contributed by atoms with van der Waals surface area (Å²) < 4.78 is 10.1. The number of phenolic OH excluding ortho intramolecular Hbond substituents is 1. The standard InChI is InChI=1S/C15H15NO5S2/c1-20-10-5-7(3-4-9(10)17)11-8(14(18)21-2)6-22-13-12(11)23-15(19)16-13/h3-5,8,11,17H,6H2,1-2H3,(H,16,19)/t8-,11+/m0/s1. The fourth-order valence-electron chi connectivity index (χ4n) is 2.72. The lowest BCUT2D eigenvalue weighted by Crippen LogP contribution is -2.29. The minimum absolute atomic E-state index is 0.0264. The third-order valence-corrected chi connectivity index (χ3v) is 6.03. The third-order valence-electron chi connectivity index (χ3n) is 3.80. The molecule has 3 rings (SSSR count). The van der Waals surface area contributed by atoms with Crippen molar-refractivity contribution in [2.75, 3.05) is 20.0 Å². The van der Waals surface area contributed by atoms with Crippen molar-refractivity contribution >= 4 is 29.1 Å². The van der Waals surface area contributed by atoms with Crippen LogP contribution in [0.3, 0.4) is 0 Å². The molecule has 23 heavy (non-hydrogen) atoms. The number of ether oxygens (including phenoxy) is 2. The van der Waals surface area contributed by atoms with Crippen LogP contribution in [0.5, 0.6) is 11.5 Å². The topological polar surface area (TPSA) is 88.6 Å². The molecule has 0 saturated heterocycles. The molecule has 0 bridgehead atoms. The molecular weight excluding hydrogens is 338 g/mol. The number of H-pyrrole nitrogens is 1. The number of hydrogen-bond acceptors (Lipinski definition) is 7. The van der Waals surface area contributed by atoms with Crippen LogP contribution in [0, 0.1) is 5.92 Å². The Labute approximate surface area is 140 Å². The van der Waals surface area contributed by atoms with Gasteiger partial charge in [0.1, 0.15) is 0 Å². The SMILES string of the molecule is COC(=O)[C@H]1CSc2[nH]c(=O)sc2[C@@H]1c1ccc(O)c(OC)c1. The van der Waals surface area contributed by atoms with E-state index in [9.17, 15) is 14.7 Å². The van der Waals surface area contributed by atoms with Crippen molar-refractivity contribution in [2.24, 2.45) is 5.92 Å². The van der Waals surface area contributed by atoms with Crippen molar-refractivity contribution in [3.8, 4) is 11.5 Å². The van der Waals surface area contributed by atoms with Crippen LogP contribution in [0.1, 0.15) is 16.4 Å². The van der Waals surface area contributed by atoms with Gasteiger partial charge in [-0.15, -0.1) is 11.8 Å². The molecule has 0 amide bonds. The van der Waals surface area contributed by atoms with E-state index in [1.165, 1.54) is 32.0 Å². The summed E-state index contributed by atoms with van der Waals surface area (Å²) in [5.41, 5.74) is 0.798. The largest absolute Gasteiger partial charge is 0.504 e. The van der Waals surface area contributed by atoms with E-state index in [0.29, 0.717) is 11.5 Å². The first kappa shape index (κ1) is 15.9. The lowest BCUT2D eigenvalue weighted by Gasteiger charge is -2.29. The third kappa shape index (κ3) is 2.84. The molecule has 1 aromatic carbocycles. The van der Waals surface area contributed by atoms with Crippen LogP contribution in [-0.2, 0) is 9.53 Å². The maximum atomic E-state index is 12.2. The number of aromatic nitrogens is 1. The Morgan fingerprint density at radius 1 is 1.39 bits per heavy atom. The zero-order chi connectivity index (χ0) is 16.6. The number of phenols is 1. The highest BCUT2D eigenvalue weighted by atomic mass is 32.2. The van der Waals surface area contributed by atoms with Crippen LogP contribution in [0.15, 0.2) is 28.0 Å². The summed E-state index contributed by atoms with van der Waals surface area (Å²) >= 11 is 2.55. The average molecular weight is 353 g/mol. The fraction of sp³-hybridized carbons (Fsp3) is 0.333. The summed E-state index contributed by atoms with van der Waals surface area (Å²) in [5, 5.41) is 10.6. The second kappa shape index (κ2) is 6.29. The molecule has 2 N–H and O–H groups in total. The van der Waals surface area contributed by atoms with Crippen LogP contribution in [0.4, 0.5) is 0 Å². The molecule has 2 heterocycles. The Morgan fingerprint density at radius 3 is 2.87 bits per heavy atom. The van der Waals surface area contributed by atoms with Crippen molar-refractivity contribution in [1.29, 1.82) is 0 Å². The number of thioether (sulfide) groups is 1. The molecule has 122 valence electrons. The second-order valence-electron chi connectivity index (χ2n) is 5.06. The van der Waals surface area contributed by atoms with E-state index in [0.717, 1.165) is 26.8 Å². The number of benzene rings is 1. The zero-order valence-corrected chi connectivity index (χ0v) is 14.1. The average Bonchev–Trinajstić information content (AvgIpc) is 2.94. The summed E-state index contributed by atoms with van der Waals surface area (Å²) in [5.74, 6) is -0.163. The molecule has 2 atom stereocenters. The van der Waals surface area contributed by atoms with Gasteiger partial charge >= 0.3 is 10.8 Å². The lowest BCUT2D eigenvalue weighted by atomic mass is 9.85. The van der Waals surface area contributed by atoms with E-state index in [4.69, 9.17) is 9.47 Å². The Morgan fingerprint density at radius 2 is 2.17 bits per heavy atom. The van der Waals surface area contributed by atoms with E-state index >= 15 is 0 Å². The lowest BCUT2D eigenvalue weighted by molar-refractivity contribution is -0.145. The normalized spacial score (nSPS) is 19.9. The molecule has 0 aliphatic carbocycles. The van der Waals surface area contributed by atoms with Crippen molar-refractivity contribution in [1.82, 2.24) is 4.98 Å². The van der Waals surface area contributed by atoms with Gasteiger partial charge in [0, 0.05) is 16.5 Å². The molecule has 0 saturated carbocycles. The Bertz CT molecular complexity index is 797. The van der Waals surface area contributed by atoms with Gasteiger partial charge in [-0.05, 0) is 17.7 Å². The number of fused-ring (bicyclic) bond motifs is 1. The summed E-state index contributed by atoms with van der Waals surface area (Å²) in [4.78, 5) is 27.4. The molecule has 1 aromatic heterocycles. The van der Waals surface area contributed by atoms with Gasteiger partial charge in [-0.2, -0.15) is 0 Å². The number of aromatic amines is 1. The predicted molar refractivity (Wildman–Crippen MR) is 87.7 cm³/mol. The summed E-state index contributed by atoms with van der Waals surface area (Å²) in [6.07, 6.45) is 0. The van der Waals surface area contributed by atoms with Gasteiger partial charge in [-0.1, -0.05) is 17.4 Å². The first-order valence-corrected chi connectivity index (χ1v) is 8.66. The Hall–Kier alpha value is -1.93. The number of aromatic hydroxyl groups is 1. The highest BCUT2D eigenvalue weighted by molar-refractivity contribution is 7.99. The molecule has 1 aliphatic rings. The first-order chi connectivity index (χ1) is 11.0. The molecule has 8 heteroatoms. The van der Waals surface area contributed by atoms with Gasteiger partial charge in [0.2, 0.25) is 0 Å². The molecule has 0 fully saturated rings. The van der Waals surface area contributed by atoms with Crippen LogP contribution in [-0.4, -0.2) is 36.0 Å².